The maximum atomic E-state index is 12.9. The normalized spacial score (nSPS) is 12.3. The van der Waals surface area contributed by atoms with E-state index in [2.05, 4.69) is 15.2 Å². The zero-order valence-corrected chi connectivity index (χ0v) is 13.3. The molecule has 0 radical (unpaired) electrons. The number of hydrogen-bond acceptors (Lipinski definition) is 5. The molecule has 0 spiro atoms. The van der Waals surface area contributed by atoms with Gasteiger partial charge in [-0.2, -0.15) is 0 Å². The van der Waals surface area contributed by atoms with E-state index in [-0.39, 0.29) is 4.90 Å². The van der Waals surface area contributed by atoms with Crippen molar-refractivity contribution in [1.82, 2.24) is 23.6 Å². The van der Waals surface area contributed by atoms with E-state index >= 15 is 0 Å². The van der Waals surface area contributed by atoms with Crippen LogP contribution in [0.5, 0.6) is 0 Å². The van der Waals surface area contributed by atoms with Crippen LogP contribution in [0, 0.1) is 13.8 Å². The summed E-state index contributed by atoms with van der Waals surface area (Å²) in [7, 11) is -3.70. The van der Waals surface area contributed by atoms with Crippen LogP contribution >= 0.6 is 0 Å². The molecule has 4 rings (SSSR count). The number of aryl methyl sites for hydroxylation is 2. The highest BCUT2D eigenvalue weighted by Crippen LogP contribution is 2.22. The lowest BCUT2D eigenvalue weighted by Crippen LogP contribution is -2.12. The molecular weight excluding hydrogens is 314 g/mol. The topological polar surface area (TPSA) is 82.1 Å². The molecule has 4 aromatic rings. The van der Waals surface area contributed by atoms with Gasteiger partial charge in [-0.3, -0.25) is 4.40 Å². The van der Waals surface area contributed by atoms with Gasteiger partial charge in [-0.15, -0.1) is 10.2 Å². The zero-order chi connectivity index (χ0) is 16.2. The first-order chi connectivity index (χ1) is 11.0. The van der Waals surface area contributed by atoms with Crippen LogP contribution in [0.1, 0.15) is 11.4 Å². The summed E-state index contributed by atoms with van der Waals surface area (Å²) in [5, 5.41) is 8.00. The summed E-state index contributed by atoms with van der Waals surface area (Å²) in [6.45, 7) is 3.72. The molecule has 116 valence electrons. The molecule has 0 atom stereocenters. The third-order valence-electron chi connectivity index (χ3n) is 3.78. The number of hydrogen-bond donors (Lipinski definition) is 0. The number of rotatable bonds is 2. The Morgan fingerprint density at radius 3 is 2.48 bits per heavy atom. The van der Waals surface area contributed by atoms with Gasteiger partial charge in [0.1, 0.15) is 5.82 Å². The molecule has 0 amide bonds. The smallest absolute Gasteiger partial charge is 0.269 e. The van der Waals surface area contributed by atoms with Gasteiger partial charge in [0.2, 0.25) is 0 Å². The van der Waals surface area contributed by atoms with Crippen molar-refractivity contribution < 1.29 is 8.42 Å². The quantitative estimate of drug-likeness (QED) is 0.562. The monoisotopic (exact) mass is 327 g/mol. The molecule has 0 saturated heterocycles. The average molecular weight is 327 g/mol. The van der Waals surface area contributed by atoms with Gasteiger partial charge in [-0.05, 0) is 32.0 Å². The van der Waals surface area contributed by atoms with E-state index in [9.17, 15) is 8.42 Å². The average Bonchev–Trinajstić information content (AvgIpc) is 3.11. The van der Waals surface area contributed by atoms with E-state index < -0.39 is 10.0 Å². The van der Waals surface area contributed by atoms with Crippen molar-refractivity contribution in [2.45, 2.75) is 18.7 Å². The summed E-state index contributed by atoms with van der Waals surface area (Å²) in [6, 6.07) is 8.44. The summed E-state index contributed by atoms with van der Waals surface area (Å²) >= 11 is 0. The summed E-state index contributed by atoms with van der Waals surface area (Å²) < 4.78 is 28.7. The van der Waals surface area contributed by atoms with E-state index in [0.717, 1.165) is 5.56 Å². The molecule has 0 aliphatic heterocycles. The Morgan fingerprint density at radius 1 is 1.00 bits per heavy atom. The lowest BCUT2D eigenvalue weighted by atomic mass is 10.2. The van der Waals surface area contributed by atoms with Crippen LogP contribution in [0.15, 0.2) is 47.6 Å². The molecule has 1 aromatic carbocycles. The molecule has 0 bridgehead atoms. The van der Waals surface area contributed by atoms with Gasteiger partial charge in [-0.1, -0.05) is 17.7 Å². The van der Waals surface area contributed by atoms with Gasteiger partial charge in [0.05, 0.1) is 16.6 Å². The van der Waals surface area contributed by atoms with Crippen LogP contribution in [-0.2, 0) is 10.0 Å². The maximum Gasteiger partial charge on any atom is 0.269 e. The minimum absolute atomic E-state index is 0.225. The standard InChI is InChI=1S/C15H13N5O2S/c1-10-3-5-12(6-4-10)23(21,22)19-8-7-13-15(19)16-9-14-18-17-11(2)20(13)14/h3-9H,1-2H3. The molecule has 7 nitrogen and oxygen atoms in total. The Labute approximate surface area is 132 Å². The van der Waals surface area contributed by atoms with Crippen molar-refractivity contribution in [1.29, 1.82) is 0 Å². The van der Waals surface area contributed by atoms with Gasteiger partial charge in [0.15, 0.2) is 11.3 Å². The highest BCUT2D eigenvalue weighted by atomic mass is 32.2. The first kappa shape index (κ1) is 13.9. The third kappa shape index (κ3) is 1.95. The van der Waals surface area contributed by atoms with Crippen molar-refractivity contribution in [3.63, 3.8) is 0 Å². The Bertz CT molecular complexity index is 1140. The predicted molar refractivity (Wildman–Crippen MR) is 84.8 cm³/mol. The fourth-order valence-corrected chi connectivity index (χ4v) is 3.89. The van der Waals surface area contributed by atoms with E-state index in [1.807, 2.05) is 13.8 Å². The first-order valence-corrected chi connectivity index (χ1v) is 8.42. The van der Waals surface area contributed by atoms with Crippen molar-refractivity contribution in [2.24, 2.45) is 0 Å². The molecule has 0 N–H and O–H groups in total. The maximum absolute atomic E-state index is 12.9. The largest absolute Gasteiger partial charge is 0.275 e. The number of nitrogens with zero attached hydrogens (tertiary/aromatic N) is 5. The van der Waals surface area contributed by atoms with Crippen molar-refractivity contribution >= 4 is 26.8 Å². The van der Waals surface area contributed by atoms with Gasteiger partial charge in [-0.25, -0.2) is 17.4 Å². The number of aromatic nitrogens is 5. The van der Waals surface area contributed by atoms with Crippen LogP contribution in [0.2, 0.25) is 0 Å². The Balaban J connectivity index is 2.00. The Kier molecular flexibility index (Phi) is 2.79. The lowest BCUT2D eigenvalue weighted by Gasteiger charge is -2.07. The van der Waals surface area contributed by atoms with Crippen LogP contribution in [0.25, 0.3) is 16.8 Å². The lowest BCUT2D eigenvalue weighted by molar-refractivity contribution is 0.588. The van der Waals surface area contributed by atoms with Crippen molar-refractivity contribution in [3.8, 4) is 0 Å². The molecule has 3 aromatic heterocycles. The first-order valence-electron chi connectivity index (χ1n) is 6.98. The van der Waals surface area contributed by atoms with Gasteiger partial charge < -0.3 is 0 Å². The van der Waals surface area contributed by atoms with Gasteiger partial charge in [0.25, 0.3) is 10.0 Å². The van der Waals surface area contributed by atoms with E-state index in [0.29, 0.717) is 22.6 Å². The SMILES string of the molecule is Cc1ccc(S(=O)(=O)n2ccc3c2ncc2nnc(C)n23)cc1. The number of benzene rings is 1. The van der Waals surface area contributed by atoms with E-state index in [4.69, 9.17) is 0 Å². The fraction of sp³-hybridized carbons (Fsp3) is 0.133. The minimum atomic E-state index is -3.70. The van der Waals surface area contributed by atoms with Crippen LogP contribution in [0.4, 0.5) is 0 Å². The molecule has 23 heavy (non-hydrogen) atoms. The molecule has 8 heteroatoms. The number of fused-ring (bicyclic) bond motifs is 3. The molecule has 0 unspecified atom stereocenters. The highest BCUT2D eigenvalue weighted by Gasteiger charge is 2.21. The molecule has 0 saturated carbocycles. The second-order valence-electron chi connectivity index (χ2n) is 5.34. The van der Waals surface area contributed by atoms with Crippen molar-refractivity contribution in [2.75, 3.05) is 0 Å². The van der Waals surface area contributed by atoms with E-state index in [1.54, 1.807) is 34.7 Å². The fourth-order valence-electron chi connectivity index (χ4n) is 2.59. The second-order valence-corrected chi connectivity index (χ2v) is 7.15. The second kappa shape index (κ2) is 4.63. The van der Waals surface area contributed by atoms with Crippen LogP contribution in [-0.4, -0.2) is 32.0 Å². The summed E-state index contributed by atoms with van der Waals surface area (Å²) in [5.41, 5.74) is 2.59. The highest BCUT2D eigenvalue weighted by molar-refractivity contribution is 7.90. The summed E-state index contributed by atoms with van der Waals surface area (Å²) in [6.07, 6.45) is 3.02. The third-order valence-corrected chi connectivity index (χ3v) is 5.46. The molecule has 0 aliphatic carbocycles. The van der Waals surface area contributed by atoms with Crippen molar-refractivity contribution in [3.05, 3.63) is 54.1 Å². The van der Waals surface area contributed by atoms with Crippen LogP contribution < -0.4 is 0 Å². The van der Waals surface area contributed by atoms with Gasteiger partial charge in [0, 0.05) is 6.20 Å². The van der Waals surface area contributed by atoms with Crippen LogP contribution in [0.3, 0.4) is 0 Å². The Morgan fingerprint density at radius 2 is 1.74 bits per heavy atom. The Hall–Kier alpha value is -2.74. The molecule has 0 aliphatic rings. The summed E-state index contributed by atoms with van der Waals surface area (Å²) in [4.78, 5) is 4.48. The predicted octanol–water partition coefficient (Wildman–Crippen LogP) is 1.93. The minimum Gasteiger partial charge on any atom is -0.275 e. The van der Waals surface area contributed by atoms with E-state index in [1.165, 1.54) is 16.4 Å². The van der Waals surface area contributed by atoms with Gasteiger partial charge >= 0.3 is 0 Å². The molecular formula is C15H13N5O2S. The summed E-state index contributed by atoms with van der Waals surface area (Å²) in [5.74, 6) is 0.679. The molecule has 3 heterocycles. The zero-order valence-electron chi connectivity index (χ0n) is 12.5. The molecule has 0 fully saturated rings.